The van der Waals surface area contributed by atoms with Crippen LogP contribution < -0.4 is 15.6 Å². The summed E-state index contributed by atoms with van der Waals surface area (Å²) < 4.78 is 7.69. The van der Waals surface area contributed by atoms with E-state index in [1.807, 2.05) is 56.3 Å². The molecule has 152 valence electrons. The summed E-state index contributed by atoms with van der Waals surface area (Å²) in [7, 11) is 0. The van der Waals surface area contributed by atoms with Crippen molar-refractivity contribution in [3.8, 4) is 17.0 Å². The first-order chi connectivity index (χ1) is 14.5. The molecular weight excluding hydrogens is 400 g/mol. The highest BCUT2D eigenvalue weighted by atomic mass is 32.1. The summed E-state index contributed by atoms with van der Waals surface area (Å²) in [5.74, 6) is 0.430. The van der Waals surface area contributed by atoms with Gasteiger partial charge in [-0.15, -0.1) is 0 Å². The molecule has 0 bridgehead atoms. The number of benzene rings is 2. The van der Waals surface area contributed by atoms with Gasteiger partial charge in [-0.25, -0.2) is 9.97 Å². The van der Waals surface area contributed by atoms with Gasteiger partial charge in [-0.05, 0) is 55.8 Å². The lowest BCUT2D eigenvalue weighted by molar-refractivity contribution is -0.116. The molecule has 1 amide bonds. The molecule has 8 heteroatoms. The number of hydrogen-bond donors (Lipinski definition) is 1. The lowest BCUT2D eigenvalue weighted by Crippen LogP contribution is -2.27. The summed E-state index contributed by atoms with van der Waals surface area (Å²) in [6.07, 6.45) is 1.38. The molecule has 1 N–H and O–H groups in total. The van der Waals surface area contributed by atoms with E-state index in [0.29, 0.717) is 17.4 Å². The molecule has 0 radical (unpaired) electrons. The zero-order valence-electron chi connectivity index (χ0n) is 16.6. The fourth-order valence-corrected chi connectivity index (χ4v) is 3.97. The molecule has 0 aliphatic carbocycles. The van der Waals surface area contributed by atoms with Crippen molar-refractivity contribution in [2.75, 3.05) is 11.9 Å². The average molecular weight is 420 g/mol. The Morgan fingerprint density at radius 2 is 1.97 bits per heavy atom. The maximum absolute atomic E-state index is 12.5. The third kappa shape index (κ3) is 4.38. The summed E-state index contributed by atoms with van der Waals surface area (Å²) in [6, 6.07) is 14.7. The van der Waals surface area contributed by atoms with Crippen LogP contribution in [-0.2, 0) is 11.3 Å². The maximum atomic E-state index is 12.5. The lowest BCUT2D eigenvalue weighted by atomic mass is 10.1. The largest absolute Gasteiger partial charge is 0.494 e. The number of thiazole rings is 1. The predicted molar refractivity (Wildman–Crippen MR) is 118 cm³/mol. The van der Waals surface area contributed by atoms with Crippen molar-refractivity contribution in [1.82, 2.24) is 14.5 Å². The van der Waals surface area contributed by atoms with Gasteiger partial charge in [0.1, 0.15) is 12.3 Å². The third-order valence-electron chi connectivity index (χ3n) is 4.44. The predicted octanol–water partition coefficient (Wildman–Crippen LogP) is 3.87. The summed E-state index contributed by atoms with van der Waals surface area (Å²) in [5.41, 5.74) is 3.01. The quantitative estimate of drug-likeness (QED) is 0.512. The number of hydrogen-bond acceptors (Lipinski definition) is 6. The van der Waals surface area contributed by atoms with Gasteiger partial charge in [0.05, 0.1) is 28.8 Å². The number of carbonyl (C=O) groups is 1. The number of amides is 1. The van der Waals surface area contributed by atoms with Crippen LogP contribution in [0.3, 0.4) is 0 Å². The number of nitrogens with zero attached hydrogens (tertiary/aromatic N) is 3. The van der Waals surface area contributed by atoms with Crippen LogP contribution in [0, 0.1) is 6.92 Å². The zero-order valence-corrected chi connectivity index (χ0v) is 17.4. The minimum atomic E-state index is -0.330. The van der Waals surface area contributed by atoms with E-state index in [0.717, 1.165) is 27.1 Å². The fourth-order valence-electron chi connectivity index (χ4n) is 2.99. The van der Waals surface area contributed by atoms with Crippen molar-refractivity contribution in [2.45, 2.75) is 20.4 Å². The number of ether oxygens (including phenoxy) is 1. The smallest absolute Gasteiger partial charge is 0.254 e. The molecule has 0 fully saturated rings. The Kier molecular flexibility index (Phi) is 5.58. The van der Waals surface area contributed by atoms with E-state index in [4.69, 9.17) is 4.74 Å². The molecule has 7 nitrogen and oxygen atoms in total. The monoisotopic (exact) mass is 420 g/mol. The van der Waals surface area contributed by atoms with Crippen LogP contribution in [0.5, 0.6) is 5.75 Å². The third-order valence-corrected chi connectivity index (χ3v) is 5.38. The molecule has 2 heterocycles. The van der Waals surface area contributed by atoms with Crippen molar-refractivity contribution in [3.05, 3.63) is 70.8 Å². The Balaban J connectivity index is 1.46. The lowest BCUT2D eigenvalue weighted by Gasteiger charge is -2.07. The van der Waals surface area contributed by atoms with Crippen molar-refractivity contribution in [1.29, 1.82) is 0 Å². The van der Waals surface area contributed by atoms with Gasteiger partial charge in [0.2, 0.25) is 5.91 Å². The van der Waals surface area contributed by atoms with Gasteiger partial charge < -0.3 is 10.1 Å². The summed E-state index contributed by atoms with van der Waals surface area (Å²) >= 11 is 1.40. The summed E-state index contributed by atoms with van der Waals surface area (Å²) in [5, 5.41) is 3.27. The number of fused-ring (bicyclic) bond motifs is 1. The average Bonchev–Trinajstić information content (AvgIpc) is 3.11. The molecule has 0 aliphatic rings. The highest BCUT2D eigenvalue weighted by Crippen LogP contribution is 2.26. The first-order valence-corrected chi connectivity index (χ1v) is 10.3. The summed E-state index contributed by atoms with van der Waals surface area (Å²) in [6.45, 7) is 4.38. The van der Waals surface area contributed by atoms with Crippen molar-refractivity contribution in [3.63, 3.8) is 0 Å². The Morgan fingerprint density at radius 3 is 2.70 bits per heavy atom. The van der Waals surface area contributed by atoms with Crippen molar-refractivity contribution in [2.24, 2.45) is 0 Å². The van der Waals surface area contributed by atoms with Gasteiger partial charge >= 0.3 is 0 Å². The van der Waals surface area contributed by atoms with Crippen LogP contribution in [-0.4, -0.2) is 27.0 Å². The molecule has 0 saturated carbocycles. The highest BCUT2D eigenvalue weighted by molar-refractivity contribution is 7.22. The summed E-state index contributed by atoms with van der Waals surface area (Å²) in [4.78, 5) is 33.6. The Hall–Kier alpha value is -3.52. The standard InChI is InChI=1S/C22H20N4O3S/c1-3-29-16-7-5-15(6-8-16)18-11-21(28)26(13-23-18)12-20(27)25-22-24-17-9-4-14(2)10-19(17)30-22/h4-11,13H,3,12H2,1-2H3,(H,24,25,27). The molecule has 4 aromatic rings. The van der Waals surface area contributed by atoms with Gasteiger partial charge in [-0.2, -0.15) is 0 Å². The number of carbonyl (C=O) groups excluding carboxylic acids is 1. The number of anilines is 1. The normalized spacial score (nSPS) is 10.9. The first-order valence-electron chi connectivity index (χ1n) is 9.48. The van der Waals surface area contributed by atoms with Crippen LogP contribution in [0.2, 0.25) is 0 Å². The molecule has 4 rings (SSSR count). The van der Waals surface area contributed by atoms with Crippen LogP contribution in [0.15, 0.2) is 59.7 Å². The zero-order chi connectivity index (χ0) is 21.1. The molecule has 0 aliphatic heterocycles. The molecule has 2 aromatic carbocycles. The second kappa shape index (κ2) is 8.46. The Bertz CT molecular complexity index is 1260. The number of aryl methyl sites for hydroxylation is 1. The minimum Gasteiger partial charge on any atom is -0.494 e. The van der Waals surface area contributed by atoms with Crippen LogP contribution in [0.4, 0.5) is 5.13 Å². The molecule has 30 heavy (non-hydrogen) atoms. The van der Waals surface area contributed by atoms with E-state index in [1.54, 1.807) is 0 Å². The van der Waals surface area contributed by atoms with Crippen molar-refractivity contribution < 1.29 is 9.53 Å². The Morgan fingerprint density at radius 1 is 1.17 bits per heavy atom. The van der Waals surface area contributed by atoms with Gasteiger partial charge in [0, 0.05) is 11.6 Å². The van der Waals surface area contributed by atoms with Gasteiger partial charge in [0.15, 0.2) is 5.13 Å². The fraction of sp³-hybridized carbons (Fsp3) is 0.182. The molecule has 0 spiro atoms. The highest BCUT2D eigenvalue weighted by Gasteiger charge is 2.11. The topological polar surface area (TPSA) is 86.1 Å². The van der Waals surface area contributed by atoms with Crippen molar-refractivity contribution >= 4 is 32.6 Å². The minimum absolute atomic E-state index is 0.135. The number of nitrogens with one attached hydrogen (secondary N) is 1. The van der Waals surface area contributed by atoms with E-state index in [2.05, 4.69) is 15.3 Å². The van der Waals surface area contributed by atoms with E-state index in [9.17, 15) is 9.59 Å². The second-order valence-corrected chi connectivity index (χ2v) is 7.77. The Labute approximate surface area is 177 Å². The molecule has 0 atom stereocenters. The molecule has 0 unspecified atom stereocenters. The van der Waals surface area contributed by atoms with Gasteiger partial charge in [-0.1, -0.05) is 17.4 Å². The molecule has 0 saturated heterocycles. The molecule has 2 aromatic heterocycles. The maximum Gasteiger partial charge on any atom is 0.254 e. The van der Waals surface area contributed by atoms with E-state index < -0.39 is 0 Å². The number of aromatic nitrogens is 3. The molecular formula is C22H20N4O3S. The van der Waals surface area contributed by atoms with Crippen LogP contribution in [0.1, 0.15) is 12.5 Å². The SMILES string of the molecule is CCOc1ccc(-c2cc(=O)n(CC(=O)Nc3nc4ccc(C)cc4s3)cn2)cc1. The van der Waals surface area contributed by atoms with Crippen LogP contribution in [0.25, 0.3) is 21.5 Å². The van der Waals surface area contributed by atoms with E-state index >= 15 is 0 Å². The number of rotatable bonds is 6. The first kappa shape index (κ1) is 19.8. The van der Waals surface area contributed by atoms with Gasteiger partial charge in [0.25, 0.3) is 5.56 Å². The van der Waals surface area contributed by atoms with Crippen LogP contribution >= 0.6 is 11.3 Å². The van der Waals surface area contributed by atoms with E-state index in [1.165, 1.54) is 28.3 Å². The van der Waals surface area contributed by atoms with E-state index in [-0.39, 0.29) is 18.0 Å². The van der Waals surface area contributed by atoms with Gasteiger partial charge in [-0.3, -0.25) is 14.2 Å². The second-order valence-electron chi connectivity index (χ2n) is 6.74.